The van der Waals surface area contributed by atoms with Gasteiger partial charge in [0.15, 0.2) is 0 Å². The first-order valence-electron chi connectivity index (χ1n) is 9.52. The van der Waals surface area contributed by atoms with Gasteiger partial charge in [0.25, 0.3) is 11.2 Å². The van der Waals surface area contributed by atoms with Crippen LogP contribution in [0.4, 0.5) is 5.69 Å². The third kappa shape index (κ3) is 4.00. The summed E-state index contributed by atoms with van der Waals surface area (Å²) in [4.78, 5) is 42.2. The quantitative estimate of drug-likeness (QED) is 0.439. The zero-order chi connectivity index (χ0) is 21.3. The van der Waals surface area contributed by atoms with E-state index < -0.39 is 10.5 Å². The number of nitro groups is 1. The largest absolute Gasteiger partial charge is 0.497 e. The second-order valence-electron chi connectivity index (χ2n) is 7.24. The lowest BCUT2D eigenvalue weighted by Gasteiger charge is -2.23. The molecule has 9 heteroatoms. The molecule has 0 saturated heterocycles. The van der Waals surface area contributed by atoms with Crippen molar-refractivity contribution in [3.05, 3.63) is 74.8 Å². The van der Waals surface area contributed by atoms with E-state index in [4.69, 9.17) is 4.74 Å². The summed E-state index contributed by atoms with van der Waals surface area (Å²) in [6.07, 6.45) is 3.17. The molecule has 1 aromatic heterocycles. The molecule has 1 aliphatic rings. The fraction of sp³-hybridized carbons (Fsp3) is 0.286. The Hall–Kier alpha value is -3.75. The van der Waals surface area contributed by atoms with E-state index in [-0.39, 0.29) is 29.6 Å². The minimum Gasteiger partial charge on any atom is -0.497 e. The average molecular weight is 408 g/mol. The zero-order valence-electron chi connectivity index (χ0n) is 16.4. The highest BCUT2D eigenvalue weighted by molar-refractivity contribution is 5.81. The number of rotatable bonds is 7. The summed E-state index contributed by atoms with van der Waals surface area (Å²) in [6.45, 7) is 0.270. The molecule has 0 aliphatic heterocycles. The van der Waals surface area contributed by atoms with Crippen molar-refractivity contribution in [1.29, 1.82) is 0 Å². The smallest absolute Gasteiger partial charge is 0.270 e. The highest BCUT2D eigenvalue weighted by atomic mass is 16.6. The summed E-state index contributed by atoms with van der Waals surface area (Å²) in [6, 6.07) is 11.6. The molecule has 0 bridgehead atoms. The third-order valence-corrected chi connectivity index (χ3v) is 5.14. The minimum absolute atomic E-state index is 0.118. The number of carbonyl (C=O) groups excluding carboxylic acids is 1. The minimum atomic E-state index is -0.564. The third-order valence-electron chi connectivity index (χ3n) is 5.14. The van der Waals surface area contributed by atoms with Crippen LogP contribution >= 0.6 is 0 Å². The molecule has 154 valence electrons. The Morgan fingerprint density at radius 1 is 1.27 bits per heavy atom. The van der Waals surface area contributed by atoms with Crippen molar-refractivity contribution in [1.82, 2.24) is 14.5 Å². The van der Waals surface area contributed by atoms with Crippen LogP contribution in [-0.4, -0.2) is 38.4 Å². The molecule has 30 heavy (non-hydrogen) atoms. The summed E-state index contributed by atoms with van der Waals surface area (Å²) >= 11 is 0. The Morgan fingerprint density at radius 2 is 2.00 bits per heavy atom. The number of aromatic nitrogens is 2. The normalized spacial score (nSPS) is 13.2. The molecule has 1 amide bonds. The predicted molar refractivity (Wildman–Crippen MR) is 109 cm³/mol. The number of methoxy groups -OCH3 is 1. The van der Waals surface area contributed by atoms with E-state index in [0.717, 1.165) is 24.2 Å². The standard InChI is InChI=1S/C21H20N4O5/c1-30-17-7-2-14(3-8-17)11-24(15-4-5-15)20(26)12-23-13-22-19-9-6-16(25(28)29)10-18(19)21(23)27/h2-3,6-10,13,15H,4-5,11-12H2,1H3. The van der Waals surface area contributed by atoms with Gasteiger partial charge < -0.3 is 9.64 Å². The number of hydrogen-bond donors (Lipinski definition) is 0. The van der Waals surface area contributed by atoms with Crippen LogP contribution in [0.1, 0.15) is 18.4 Å². The molecule has 1 heterocycles. The number of hydrogen-bond acceptors (Lipinski definition) is 6. The van der Waals surface area contributed by atoms with Crippen molar-refractivity contribution < 1.29 is 14.5 Å². The molecule has 2 aromatic carbocycles. The van der Waals surface area contributed by atoms with Gasteiger partial charge in [0.2, 0.25) is 5.91 Å². The van der Waals surface area contributed by atoms with Crippen LogP contribution in [0.3, 0.4) is 0 Å². The summed E-state index contributed by atoms with van der Waals surface area (Å²) < 4.78 is 6.37. The lowest BCUT2D eigenvalue weighted by Crippen LogP contribution is -2.37. The topological polar surface area (TPSA) is 108 Å². The Balaban J connectivity index is 1.57. The van der Waals surface area contributed by atoms with Gasteiger partial charge in [-0.1, -0.05) is 12.1 Å². The van der Waals surface area contributed by atoms with Crippen molar-refractivity contribution in [2.75, 3.05) is 7.11 Å². The Labute approximate surface area is 171 Å². The van der Waals surface area contributed by atoms with Gasteiger partial charge in [-0.25, -0.2) is 4.98 Å². The monoisotopic (exact) mass is 408 g/mol. The van der Waals surface area contributed by atoms with E-state index in [2.05, 4.69) is 4.98 Å². The summed E-state index contributed by atoms with van der Waals surface area (Å²) in [5.74, 6) is 0.549. The fourth-order valence-electron chi connectivity index (χ4n) is 3.34. The van der Waals surface area contributed by atoms with Crippen molar-refractivity contribution in [3.63, 3.8) is 0 Å². The first kappa shape index (κ1) is 19.6. The number of nitrogens with zero attached hydrogens (tertiary/aromatic N) is 4. The molecule has 0 spiro atoms. The number of fused-ring (bicyclic) bond motifs is 1. The molecule has 0 unspecified atom stereocenters. The van der Waals surface area contributed by atoms with Gasteiger partial charge in [-0.3, -0.25) is 24.3 Å². The van der Waals surface area contributed by atoms with Gasteiger partial charge in [-0.05, 0) is 36.6 Å². The van der Waals surface area contributed by atoms with E-state index in [9.17, 15) is 19.7 Å². The van der Waals surface area contributed by atoms with Gasteiger partial charge in [0.05, 0.1) is 29.3 Å². The van der Waals surface area contributed by atoms with Gasteiger partial charge in [0, 0.05) is 24.7 Å². The Kier molecular flexibility index (Phi) is 5.18. The molecule has 1 aliphatic carbocycles. The number of non-ortho nitro benzene ring substituents is 1. The van der Waals surface area contributed by atoms with Crippen molar-refractivity contribution in [3.8, 4) is 5.75 Å². The van der Waals surface area contributed by atoms with Gasteiger partial charge >= 0.3 is 0 Å². The molecule has 1 saturated carbocycles. The van der Waals surface area contributed by atoms with Crippen molar-refractivity contribution in [2.24, 2.45) is 0 Å². The second kappa shape index (κ2) is 7.94. The molecular formula is C21H20N4O5. The van der Waals surface area contributed by atoms with E-state index in [0.29, 0.717) is 12.1 Å². The molecule has 9 nitrogen and oxygen atoms in total. The highest BCUT2D eigenvalue weighted by Gasteiger charge is 2.32. The number of nitro benzene ring substituents is 1. The SMILES string of the molecule is COc1ccc(CN(C(=O)Cn2cnc3ccc([N+](=O)[O-])cc3c2=O)C2CC2)cc1. The average Bonchev–Trinajstić information content (AvgIpc) is 3.59. The number of ether oxygens (including phenoxy) is 1. The van der Waals surface area contributed by atoms with Crippen LogP contribution in [0.2, 0.25) is 0 Å². The highest BCUT2D eigenvalue weighted by Crippen LogP contribution is 2.29. The van der Waals surface area contributed by atoms with Gasteiger partial charge in [-0.2, -0.15) is 0 Å². The van der Waals surface area contributed by atoms with Crippen LogP contribution in [0.15, 0.2) is 53.6 Å². The van der Waals surface area contributed by atoms with Crippen LogP contribution in [0, 0.1) is 10.1 Å². The lowest BCUT2D eigenvalue weighted by atomic mass is 10.2. The van der Waals surface area contributed by atoms with Crippen molar-refractivity contribution in [2.45, 2.75) is 32.0 Å². The van der Waals surface area contributed by atoms with Gasteiger partial charge in [-0.15, -0.1) is 0 Å². The maximum atomic E-state index is 13.0. The van der Waals surface area contributed by atoms with E-state index in [1.165, 1.54) is 29.1 Å². The fourth-order valence-corrected chi connectivity index (χ4v) is 3.34. The molecular weight excluding hydrogens is 388 g/mol. The van der Waals surface area contributed by atoms with Crippen LogP contribution in [0.5, 0.6) is 5.75 Å². The van der Waals surface area contributed by atoms with Crippen LogP contribution in [0.25, 0.3) is 10.9 Å². The summed E-state index contributed by atoms with van der Waals surface area (Å²) in [5, 5.41) is 11.1. The molecule has 4 rings (SSSR count). The Morgan fingerprint density at radius 3 is 2.63 bits per heavy atom. The molecule has 3 aromatic rings. The molecule has 0 radical (unpaired) electrons. The first-order chi connectivity index (χ1) is 14.5. The van der Waals surface area contributed by atoms with E-state index in [1.807, 2.05) is 24.3 Å². The van der Waals surface area contributed by atoms with E-state index in [1.54, 1.807) is 12.0 Å². The first-order valence-corrected chi connectivity index (χ1v) is 9.52. The maximum absolute atomic E-state index is 13.0. The number of carbonyl (C=O) groups is 1. The zero-order valence-corrected chi connectivity index (χ0v) is 16.4. The summed E-state index contributed by atoms with van der Waals surface area (Å²) in [7, 11) is 1.60. The predicted octanol–water partition coefficient (Wildman–Crippen LogP) is 2.50. The maximum Gasteiger partial charge on any atom is 0.270 e. The summed E-state index contributed by atoms with van der Waals surface area (Å²) in [5.41, 5.74) is 0.657. The second-order valence-corrected chi connectivity index (χ2v) is 7.24. The van der Waals surface area contributed by atoms with Crippen molar-refractivity contribution >= 4 is 22.5 Å². The molecule has 1 fully saturated rings. The van der Waals surface area contributed by atoms with Gasteiger partial charge in [0.1, 0.15) is 12.3 Å². The molecule has 0 atom stereocenters. The van der Waals surface area contributed by atoms with Crippen LogP contribution in [-0.2, 0) is 17.9 Å². The lowest BCUT2D eigenvalue weighted by molar-refractivity contribution is -0.384. The number of amides is 1. The number of benzene rings is 2. The van der Waals surface area contributed by atoms with Crippen LogP contribution < -0.4 is 10.3 Å². The molecule has 0 N–H and O–H groups in total. The Bertz CT molecular complexity index is 1170. The van der Waals surface area contributed by atoms with E-state index >= 15 is 0 Å².